The van der Waals surface area contributed by atoms with Gasteiger partial charge in [-0.2, -0.15) is 0 Å². The number of carbonyl (C=O) groups excluding carboxylic acids is 1. The van der Waals surface area contributed by atoms with Crippen LogP contribution in [0.5, 0.6) is 5.75 Å². The topological polar surface area (TPSA) is 64.1 Å². The van der Waals surface area contributed by atoms with Gasteiger partial charge in [-0.3, -0.25) is 10.1 Å². The first kappa shape index (κ1) is 15.4. The molecule has 5 nitrogen and oxygen atoms in total. The fourth-order valence-corrected chi connectivity index (χ4v) is 2.23. The van der Waals surface area contributed by atoms with Crippen LogP contribution in [0.25, 0.3) is 0 Å². The summed E-state index contributed by atoms with van der Waals surface area (Å²) in [4.78, 5) is 12.0. The standard InChI is InChI=1S/C15H19N3O2S/c1-9(2)12-6-5-10(3)13(7-12)20-11(4)14(19)17-15-18-16-8-21-15/h5-9,11H,1-4H3,(H,17,18,19)/t11-/m0/s1. The van der Waals surface area contributed by atoms with E-state index in [4.69, 9.17) is 4.74 Å². The van der Waals surface area contributed by atoms with Crippen molar-refractivity contribution in [3.05, 3.63) is 34.8 Å². The lowest BCUT2D eigenvalue weighted by Gasteiger charge is -2.17. The summed E-state index contributed by atoms with van der Waals surface area (Å²) in [5.74, 6) is 0.917. The first-order chi connectivity index (χ1) is 9.97. The van der Waals surface area contributed by atoms with Crippen LogP contribution >= 0.6 is 11.3 Å². The molecule has 2 aromatic rings. The van der Waals surface area contributed by atoms with Crippen LogP contribution in [0.3, 0.4) is 0 Å². The van der Waals surface area contributed by atoms with Crippen LogP contribution in [-0.4, -0.2) is 22.2 Å². The molecule has 0 aliphatic rings. The van der Waals surface area contributed by atoms with E-state index in [1.807, 2.05) is 19.1 Å². The van der Waals surface area contributed by atoms with Crippen LogP contribution in [-0.2, 0) is 4.79 Å². The number of hydrogen-bond acceptors (Lipinski definition) is 5. The van der Waals surface area contributed by atoms with Gasteiger partial charge in [0.2, 0.25) is 5.13 Å². The van der Waals surface area contributed by atoms with Crippen LogP contribution in [0.1, 0.15) is 37.8 Å². The number of ether oxygens (including phenoxy) is 1. The molecule has 0 saturated heterocycles. The van der Waals surface area contributed by atoms with Crippen molar-refractivity contribution in [2.24, 2.45) is 0 Å². The van der Waals surface area contributed by atoms with E-state index in [0.29, 0.717) is 11.0 Å². The molecule has 6 heteroatoms. The summed E-state index contributed by atoms with van der Waals surface area (Å²) in [6.07, 6.45) is -0.602. The summed E-state index contributed by atoms with van der Waals surface area (Å²) < 4.78 is 5.79. The monoisotopic (exact) mass is 305 g/mol. The minimum absolute atomic E-state index is 0.235. The van der Waals surface area contributed by atoms with Crippen molar-refractivity contribution in [3.63, 3.8) is 0 Å². The first-order valence-electron chi connectivity index (χ1n) is 6.81. The summed E-state index contributed by atoms with van der Waals surface area (Å²) in [5, 5.41) is 10.6. The third-order valence-electron chi connectivity index (χ3n) is 3.14. The van der Waals surface area contributed by atoms with Crippen molar-refractivity contribution in [2.75, 3.05) is 5.32 Å². The van der Waals surface area contributed by atoms with E-state index < -0.39 is 6.10 Å². The Bertz CT molecular complexity index is 611. The second kappa shape index (κ2) is 6.67. The van der Waals surface area contributed by atoms with E-state index in [1.54, 1.807) is 12.4 Å². The number of nitrogens with one attached hydrogen (secondary N) is 1. The number of amides is 1. The Morgan fingerprint density at radius 3 is 2.71 bits per heavy atom. The molecule has 0 fully saturated rings. The minimum Gasteiger partial charge on any atom is -0.481 e. The minimum atomic E-state index is -0.602. The summed E-state index contributed by atoms with van der Waals surface area (Å²) in [6.45, 7) is 7.94. The van der Waals surface area contributed by atoms with Gasteiger partial charge < -0.3 is 4.74 Å². The molecule has 1 heterocycles. The molecule has 0 bridgehead atoms. The van der Waals surface area contributed by atoms with E-state index in [0.717, 1.165) is 11.3 Å². The Kier molecular flexibility index (Phi) is 4.90. The van der Waals surface area contributed by atoms with Crippen molar-refractivity contribution in [1.29, 1.82) is 0 Å². The molecule has 0 aliphatic heterocycles. The van der Waals surface area contributed by atoms with Crippen LogP contribution in [0.2, 0.25) is 0 Å². The maximum atomic E-state index is 12.0. The number of rotatable bonds is 5. The lowest BCUT2D eigenvalue weighted by atomic mass is 10.0. The molecule has 21 heavy (non-hydrogen) atoms. The van der Waals surface area contributed by atoms with Crippen LogP contribution in [0, 0.1) is 6.92 Å². The number of benzene rings is 1. The Hall–Kier alpha value is -1.95. The highest BCUT2D eigenvalue weighted by Gasteiger charge is 2.17. The third-order valence-corrected chi connectivity index (χ3v) is 3.75. The van der Waals surface area contributed by atoms with E-state index >= 15 is 0 Å². The Labute approximate surface area is 128 Å². The van der Waals surface area contributed by atoms with Gasteiger partial charge in [0.15, 0.2) is 6.10 Å². The Morgan fingerprint density at radius 1 is 1.33 bits per heavy atom. The molecule has 1 N–H and O–H groups in total. The number of nitrogens with zero attached hydrogens (tertiary/aromatic N) is 2. The maximum Gasteiger partial charge on any atom is 0.266 e. The van der Waals surface area contributed by atoms with Gasteiger partial charge in [0.05, 0.1) is 0 Å². The Morgan fingerprint density at radius 2 is 2.10 bits per heavy atom. The number of anilines is 1. The van der Waals surface area contributed by atoms with Gasteiger partial charge >= 0.3 is 0 Å². The average Bonchev–Trinajstić information content (AvgIpc) is 2.93. The second-order valence-corrected chi connectivity index (χ2v) is 6.01. The quantitative estimate of drug-likeness (QED) is 0.920. The molecule has 0 radical (unpaired) electrons. The largest absolute Gasteiger partial charge is 0.481 e. The van der Waals surface area contributed by atoms with Crippen LogP contribution in [0.15, 0.2) is 23.7 Å². The molecule has 0 aliphatic carbocycles. The lowest BCUT2D eigenvalue weighted by Crippen LogP contribution is -2.30. The maximum absolute atomic E-state index is 12.0. The van der Waals surface area contributed by atoms with Gasteiger partial charge in [0.1, 0.15) is 11.3 Å². The van der Waals surface area contributed by atoms with Gasteiger partial charge in [-0.05, 0) is 37.0 Å². The number of aryl methyl sites for hydroxylation is 1. The normalized spacial score (nSPS) is 12.2. The van der Waals surface area contributed by atoms with Crippen LogP contribution < -0.4 is 10.1 Å². The number of aromatic nitrogens is 2. The highest BCUT2D eigenvalue weighted by atomic mass is 32.1. The molecule has 112 valence electrons. The lowest BCUT2D eigenvalue weighted by molar-refractivity contribution is -0.122. The van der Waals surface area contributed by atoms with Gasteiger partial charge in [-0.15, -0.1) is 10.2 Å². The molecular formula is C15H19N3O2S. The molecule has 2 rings (SSSR count). The van der Waals surface area contributed by atoms with E-state index in [-0.39, 0.29) is 5.91 Å². The third kappa shape index (κ3) is 4.01. The molecule has 0 unspecified atom stereocenters. The number of hydrogen-bond donors (Lipinski definition) is 1. The van der Waals surface area contributed by atoms with E-state index in [1.165, 1.54) is 16.9 Å². The molecule has 0 spiro atoms. The van der Waals surface area contributed by atoms with Crippen molar-refractivity contribution in [2.45, 2.75) is 39.7 Å². The zero-order valence-electron chi connectivity index (χ0n) is 12.6. The Balaban J connectivity index is 2.06. The zero-order chi connectivity index (χ0) is 15.4. The van der Waals surface area contributed by atoms with Gasteiger partial charge in [-0.25, -0.2) is 0 Å². The summed E-state index contributed by atoms with van der Waals surface area (Å²) in [6, 6.07) is 6.09. The fourth-order valence-electron chi connectivity index (χ4n) is 1.78. The molecule has 1 atom stereocenters. The predicted molar refractivity (Wildman–Crippen MR) is 83.9 cm³/mol. The zero-order valence-corrected chi connectivity index (χ0v) is 13.4. The fraction of sp³-hybridized carbons (Fsp3) is 0.400. The molecule has 1 amide bonds. The smallest absolute Gasteiger partial charge is 0.266 e. The molecule has 0 saturated carbocycles. The predicted octanol–water partition coefficient (Wildman–Crippen LogP) is 3.38. The van der Waals surface area contributed by atoms with Gasteiger partial charge in [0, 0.05) is 0 Å². The van der Waals surface area contributed by atoms with Crippen molar-refractivity contribution in [3.8, 4) is 5.75 Å². The van der Waals surface area contributed by atoms with Gasteiger partial charge in [0.25, 0.3) is 5.91 Å². The van der Waals surface area contributed by atoms with Crippen molar-refractivity contribution >= 4 is 22.4 Å². The first-order valence-corrected chi connectivity index (χ1v) is 7.69. The number of carbonyl (C=O) groups is 1. The molecular weight excluding hydrogens is 286 g/mol. The molecule has 1 aromatic carbocycles. The van der Waals surface area contributed by atoms with E-state index in [9.17, 15) is 4.79 Å². The summed E-state index contributed by atoms with van der Waals surface area (Å²) in [5.41, 5.74) is 3.76. The SMILES string of the molecule is Cc1ccc(C(C)C)cc1O[C@@H](C)C(=O)Nc1nncs1. The summed E-state index contributed by atoms with van der Waals surface area (Å²) in [7, 11) is 0. The highest BCUT2D eigenvalue weighted by molar-refractivity contribution is 7.13. The van der Waals surface area contributed by atoms with Gasteiger partial charge in [-0.1, -0.05) is 37.3 Å². The van der Waals surface area contributed by atoms with Crippen LogP contribution in [0.4, 0.5) is 5.13 Å². The average molecular weight is 305 g/mol. The van der Waals surface area contributed by atoms with Crippen molar-refractivity contribution < 1.29 is 9.53 Å². The second-order valence-electron chi connectivity index (χ2n) is 5.17. The summed E-state index contributed by atoms with van der Waals surface area (Å²) >= 11 is 1.27. The highest BCUT2D eigenvalue weighted by Crippen LogP contribution is 2.25. The molecule has 1 aromatic heterocycles. The van der Waals surface area contributed by atoms with E-state index in [2.05, 4.69) is 35.4 Å². The van der Waals surface area contributed by atoms with Crippen molar-refractivity contribution in [1.82, 2.24) is 10.2 Å².